The zero-order valence-corrected chi connectivity index (χ0v) is 10.4. The molecule has 2 unspecified atom stereocenters. The molecule has 0 heterocycles. The maximum Gasteiger partial charge on any atom is 0.0881 e. The van der Waals surface area contributed by atoms with Crippen LogP contribution in [0.4, 0.5) is 0 Å². The molecule has 0 fully saturated rings. The maximum atomic E-state index is 10.1. The highest BCUT2D eigenvalue weighted by molar-refractivity contribution is 5.21. The number of aliphatic hydroxyl groups excluding tert-OH is 3. The molecule has 0 amide bonds. The molecule has 1 aromatic carbocycles. The smallest absolute Gasteiger partial charge is 0.0881 e. The van der Waals surface area contributed by atoms with Crippen molar-refractivity contribution in [2.45, 2.75) is 30.5 Å². The van der Waals surface area contributed by atoms with Crippen LogP contribution in [0.5, 0.6) is 0 Å². The average molecular weight is 254 g/mol. The Morgan fingerprint density at radius 3 is 2.22 bits per heavy atom. The molecule has 0 aliphatic rings. The van der Waals surface area contributed by atoms with Crippen LogP contribution in [0.1, 0.15) is 24.3 Å². The van der Waals surface area contributed by atoms with Crippen molar-refractivity contribution in [2.24, 2.45) is 11.5 Å². The average Bonchev–Trinajstić information content (AvgIpc) is 2.37. The summed E-state index contributed by atoms with van der Waals surface area (Å²) in [5.74, 6) is -0.305. The molecule has 0 aliphatic carbocycles. The Morgan fingerprint density at radius 1 is 1.11 bits per heavy atom. The molecule has 1 rings (SSSR count). The quantitative estimate of drug-likeness (QED) is 0.421. The SMILES string of the molecule is NC(N)(CO)CC(c1ccccc1)C(O)CCO. The molecule has 0 spiro atoms. The number of aliphatic hydroxyl groups is 3. The zero-order valence-electron chi connectivity index (χ0n) is 10.4. The number of hydrogen-bond acceptors (Lipinski definition) is 5. The summed E-state index contributed by atoms with van der Waals surface area (Å²) in [6, 6.07) is 9.35. The number of benzene rings is 1. The van der Waals surface area contributed by atoms with Gasteiger partial charge in [0.15, 0.2) is 0 Å². The molecular weight excluding hydrogens is 232 g/mol. The normalized spacial score (nSPS) is 15.4. The summed E-state index contributed by atoms with van der Waals surface area (Å²) in [6.07, 6.45) is -0.245. The number of rotatable bonds is 7. The fourth-order valence-corrected chi connectivity index (χ4v) is 1.98. The van der Waals surface area contributed by atoms with Gasteiger partial charge < -0.3 is 26.8 Å². The molecule has 102 valence electrons. The second-order valence-corrected chi connectivity index (χ2v) is 4.69. The van der Waals surface area contributed by atoms with Gasteiger partial charge in [0, 0.05) is 12.5 Å². The van der Waals surface area contributed by atoms with Gasteiger partial charge >= 0.3 is 0 Å². The van der Waals surface area contributed by atoms with E-state index in [1.54, 1.807) is 0 Å². The van der Waals surface area contributed by atoms with Crippen LogP contribution < -0.4 is 11.5 Å². The minimum absolute atomic E-state index is 0.105. The van der Waals surface area contributed by atoms with Gasteiger partial charge in [-0.3, -0.25) is 0 Å². The molecule has 7 N–H and O–H groups in total. The molecule has 2 atom stereocenters. The lowest BCUT2D eigenvalue weighted by Crippen LogP contribution is -2.54. The summed E-state index contributed by atoms with van der Waals surface area (Å²) in [5, 5.41) is 28.1. The lowest BCUT2D eigenvalue weighted by molar-refractivity contribution is 0.0850. The second-order valence-electron chi connectivity index (χ2n) is 4.69. The molecular formula is C13H22N2O3. The monoisotopic (exact) mass is 254 g/mol. The molecule has 0 bridgehead atoms. The van der Waals surface area contributed by atoms with Crippen LogP contribution in [-0.2, 0) is 0 Å². The minimum atomic E-state index is -1.24. The van der Waals surface area contributed by atoms with E-state index in [1.165, 1.54) is 0 Å². The van der Waals surface area contributed by atoms with Crippen LogP contribution in [0.15, 0.2) is 30.3 Å². The van der Waals surface area contributed by atoms with Gasteiger partial charge in [0.05, 0.1) is 18.4 Å². The molecule has 0 aromatic heterocycles. The van der Waals surface area contributed by atoms with Gasteiger partial charge in [-0.05, 0) is 18.4 Å². The van der Waals surface area contributed by atoms with Crippen LogP contribution in [0.25, 0.3) is 0 Å². The minimum Gasteiger partial charge on any atom is -0.396 e. The number of nitrogens with two attached hydrogens (primary N) is 2. The molecule has 0 aliphatic heterocycles. The van der Waals surface area contributed by atoms with E-state index in [1.807, 2.05) is 30.3 Å². The highest BCUT2D eigenvalue weighted by atomic mass is 16.3. The van der Waals surface area contributed by atoms with E-state index in [9.17, 15) is 5.11 Å². The molecule has 1 aromatic rings. The first-order chi connectivity index (χ1) is 8.50. The van der Waals surface area contributed by atoms with Gasteiger partial charge in [-0.25, -0.2) is 0 Å². The Hall–Kier alpha value is -0.980. The summed E-state index contributed by atoms with van der Waals surface area (Å²) in [4.78, 5) is 0. The predicted molar refractivity (Wildman–Crippen MR) is 69.7 cm³/mol. The third kappa shape index (κ3) is 4.36. The lowest BCUT2D eigenvalue weighted by atomic mass is 9.84. The van der Waals surface area contributed by atoms with E-state index < -0.39 is 11.8 Å². The first-order valence-electron chi connectivity index (χ1n) is 6.02. The summed E-state index contributed by atoms with van der Waals surface area (Å²) in [7, 11) is 0. The van der Waals surface area contributed by atoms with Crippen molar-refractivity contribution in [3.63, 3.8) is 0 Å². The van der Waals surface area contributed by atoms with Crippen molar-refractivity contribution in [3.8, 4) is 0 Å². The van der Waals surface area contributed by atoms with Crippen LogP contribution in [-0.4, -0.2) is 40.3 Å². The fraction of sp³-hybridized carbons (Fsp3) is 0.538. The highest BCUT2D eigenvalue weighted by Gasteiger charge is 2.29. The lowest BCUT2D eigenvalue weighted by Gasteiger charge is -2.31. The summed E-state index contributed by atoms with van der Waals surface area (Å²) < 4.78 is 0. The van der Waals surface area contributed by atoms with Gasteiger partial charge in [-0.2, -0.15) is 0 Å². The fourth-order valence-electron chi connectivity index (χ4n) is 1.98. The molecule has 0 saturated carbocycles. The Bertz CT molecular complexity index is 343. The number of hydrogen-bond donors (Lipinski definition) is 5. The third-order valence-electron chi connectivity index (χ3n) is 3.01. The molecule has 5 heteroatoms. The van der Waals surface area contributed by atoms with Crippen molar-refractivity contribution >= 4 is 0 Å². The summed E-state index contributed by atoms with van der Waals surface area (Å²) in [5.41, 5.74) is 11.1. The van der Waals surface area contributed by atoms with Crippen molar-refractivity contribution in [2.75, 3.05) is 13.2 Å². The highest BCUT2D eigenvalue weighted by Crippen LogP contribution is 2.28. The van der Waals surface area contributed by atoms with Crippen molar-refractivity contribution in [1.82, 2.24) is 0 Å². The van der Waals surface area contributed by atoms with Crippen LogP contribution in [0, 0.1) is 0 Å². The van der Waals surface area contributed by atoms with Crippen molar-refractivity contribution in [3.05, 3.63) is 35.9 Å². The second kappa shape index (κ2) is 6.82. The van der Waals surface area contributed by atoms with E-state index in [-0.39, 0.29) is 32.0 Å². The topological polar surface area (TPSA) is 113 Å². The largest absolute Gasteiger partial charge is 0.396 e. The third-order valence-corrected chi connectivity index (χ3v) is 3.01. The first-order valence-corrected chi connectivity index (χ1v) is 6.02. The van der Waals surface area contributed by atoms with E-state index in [0.717, 1.165) is 5.56 Å². The Labute approximate surface area is 107 Å². The summed E-state index contributed by atoms with van der Waals surface area (Å²) in [6.45, 7) is -0.464. The van der Waals surface area contributed by atoms with Gasteiger partial charge in [-0.15, -0.1) is 0 Å². The molecule has 0 saturated heterocycles. The Morgan fingerprint density at radius 2 is 1.72 bits per heavy atom. The molecule has 0 radical (unpaired) electrons. The summed E-state index contributed by atoms with van der Waals surface area (Å²) >= 11 is 0. The van der Waals surface area contributed by atoms with E-state index >= 15 is 0 Å². The van der Waals surface area contributed by atoms with Crippen LogP contribution in [0.3, 0.4) is 0 Å². The van der Waals surface area contributed by atoms with Gasteiger partial charge in [0.1, 0.15) is 0 Å². The molecule has 18 heavy (non-hydrogen) atoms. The zero-order chi connectivity index (χ0) is 13.6. The first kappa shape index (κ1) is 15.1. The standard InChI is InChI=1S/C13H22N2O3/c14-13(15,9-17)8-11(12(18)6-7-16)10-4-2-1-3-5-10/h1-5,11-12,16-18H,6-9,14-15H2. The maximum absolute atomic E-state index is 10.1. The van der Waals surface area contributed by atoms with Crippen molar-refractivity contribution < 1.29 is 15.3 Å². The van der Waals surface area contributed by atoms with E-state index in [4.69, 9.17) is 21.7 Å². The van der Waals surface area contributed by atoms with Gasteiger partial charge in [-0.1, -0.05) is 30.3 Å². The Balaban J connectivity index is 2.89. The van der Waals surface area contributed by atoms with Gasteiger partial charge in [0.2, 0.25) is 0 Å². The Kier molecular flexibility index (Phi) is 5.71. The van der Waals surface area contributed by atoms with Gasteiger partial charge in [0.25, 0.3) is 0 Å². The van der Waals surface area contributed by atoms with Crippen molar-refractivity contribution in [1.29, 1.82) is 0 Å². The predicted octanol–water partition coefficient (Wildman–Crippen LogP) is -0.490. The molecule has 5 nitrogen and oxygen atoms in total. The van der Waals surface area contributed by atoms with E-state index in [0.29, 0.717) is 0 Å². The van der Waals surface area contributed by atoms with Crippen LogP contribution in [0.2, 0.25) is 0 Å². The van der Waals surface area contributed by atoms with Crippen LogP contribution >= 0.6 is 0 Å². The van der Waals surface area contributed by atoms with E-state index in [2.05, 4.69) is 0 Å².